The van der Waals surface area contributed by atoms with Gasteiger partial charge in [-0.1, -0.05) is 20.3 Å². The van der Waals surface area contributed by atoms with E-state index in [0.29, 0.717) is 5.82 Å². The van der Waals surface area contributed by atoms with Gasteiger partial charge < -0.3 is 4.57 Å². The maximum absolute atomic E-state index is 12.3. The van der Waals surface area contributed by atoms with Gasteiger partial charge in [0.1, 0.15) is 0 Å². The standard InChI is InChI=1S/C12H18N2O/c1-12(2)6-4-5-9(12)10(15)11-13-7-8-14(11)3/h7-9H,4-6H2,1-3H3. The van der Waals surface area contributed by atoms with Crippen LogP contribution in [0, 0.1) is 11.3 Å². The predicted octanol–water partition coefficient (Wildman–Crippen LogP) is 2.43. The molecule has 0 aliphatic heterocycles. The van der Waals surface area contributed by atoms with Crippen molar-refractivity contribution in [2.75, 3.05) is 0 Å². The highest BCUT2D eigenvalue weighted by molar-refractivity contribution is 5.95. The molecule has 0 radical (unpaired) electrons. The summed E-state index contributed by atoms with van der Waals surface area (Å²) < 4.78 is 1.82. The van der Waals surface area contributed by atoms with Crippen LogP contribution in [0.25, 0.3) is 0 Å². The van der Waals surface area contributed by atoms with Crippen LogP contribution in [-0.4, -0.2) is 15.3 Å². The van der Waals surface area contributed by atoms with E-state index in [4.69, 9.17) is 0 Å². The Morgan fingerprint density at radius 1 is 1.60 bits per heavy atom. The SMILES string of the molecule is Cn1ccnc1C(=O)C1CCCC1(C)C. The molecule has 3 heteroatoms. The largest absolute Gasteiger partial charge is 0.332 e. The number of aryl methyl sites for hydroxylation is 1. The highest BCUT2D eigenvalue weighted by atomic mass is 16.1. The third kappa shape index (κ3) is 1.71. The minimum atomic E-state index is 0.142. The maximum Gasteiger partial charge on any atom is 0.201 e. The third-order valence-corrected chi connectivity index (χ3v) is 3.62. The molecular formula is C12H18N2O. The molecule has 15 heavy (non-hydrogen) atoms. The molecule has 0 N–H and O–H groups in total. The van der Waals surface area contributed by atoms with Crippen molar-refractivity contribution < 1.29 is 4.79 Å². The summed E-state index contributed by atoms with van der Waals surface area (Å²) in [6.45, 7) is 4.37. The third-order valence-electron chi connectivity index (χ3n) is 3.62. The molecule has 1 aliphatic carbocycles. The first-order valence-electron chi connectivity index (χ1n) is 5.54. The van der Waals surface area contributed by atoms with E-state index in [0.717, 1.165) is 19.3 Å². The molecule has 0 spiro atoms. The molecule has 0 aromatic carbocycles. The number of Topliss-reactive ketones (excluding diaryl/α,β-unsaturated/α-hetero) is 1. The molecule has 1 heterocycles. The quantitative estimate of drug-likeness (QED) is 0.696. The van der Waals surface area contributed by atoms with Crippen LogP contribution < -0.4 is 0 Å². The fourth-order valence-electron chi connectivity index (χ4n) is 2.57. The molecule has 0 bridgehead atoms. The van der Waals surface area contributed by atoms with E-state index in [2.05, 4.69) is 18.8 Å². The van der Waals surface area contributed by atoms with E-state index in [-0.39, 0.29) is 17.1 Å². The van der Waals surface area contributed by atoms with Crippen molar-refractivity contribution in [3.8, 4) is 0 Å². The van der Waals surface area contributed by atoms with E-state index >= 15 is 0 Å². The molecule has 0 saturated heterocycles. The summed E-state index contributed by atoms with van der Waals surface area (Å²) in [6.07, 6.45) is 6.84. The molecule has 1 atom stereocenters. The van der Waals surface area contributed by atoms with Gasteiger partial charge in [-0.3, -0.25) is 4.79 Å². The second kappa shape index (κ2) is 3.47. The first kappa shape index (κ1) is 10.4. The number of carbonyl (C=O) groups is 1. The van der Waals surface area contributed by atoms with Crippen LogP contribution >= 0.6 is 0 Å². The normalized spacial score (nSPS) is 24.3. The number of nitrogens with zero attached hydrogens (tertiary/aromatic N) is 2. The molecule has 2 rings (SSSR count). The Bertz CT molecular complexity index is 379. The second-order valence-electron chi connectivity index (χ2n) is 5.16. The average Bonchev–Trinajstić information content (AvgIpc) is 2.70. The van der Waals surface area contributed by atoms with Crippen molar-refractivity contribution in [2.45, 2.75) is 33.1 Å². The van der Waals surface area contributed by atoms with Gasteiger partial charge in [0.15, 0.2) is 5.82 Å². The highest BCUT2D eigenvalue weighted by Gasteiger charge is 2.40. The molecule has 1 aromatic heterocycles. The van der Waals surface area contributed by atoms with Crippen LogP contribution in [0.1, 0.15) is 43.7 Å². The van der Waals surface area contributed by atoms with E-state index in [1.54, 1.807) is 6.20 Å². The van der Waals surface area contributed by atoms with E-state index in [1.807, 2.05) is 17.8 Å². The summed E-state index contributed by atoms with van der Waals surface area (Å²) in [6, 6.07) is 0. The van der Waals surface area contributed by atoms with Crippen molar-refractivity contribution >= 4 is 5.78 Å². The monoisotopic (exact) mass is 206 g/mol. The van der Waals surface area contributed by atoms with Gasteiger partial charge in [-0.2, -0.15) is 0 Å². The molecule has 1 aromatic rings. The first-order chi connectivity index (χ1) is 7.02. The zero-order valence-electron chi connectivity index (χ0n) is 9.66. The molecular weight excluding hydrogens is 188 g/mol. The lowest BCUT2D eigenvalue weighted by Crippen LogP contribution is -2.27. The average molecular weight is 206 g/mol. The molecule has 1 aliphatic rings. The number of imidazole rings is 1. The number of hydrogen-bond acceptors (Lipinski definition) is 2. The summed E-state index contributed by atoms with van der Waals surface area (Å²) in [5.41, 5.74) is 0.142. The van der Waals surface area contributed by atoms with E-state index < -0.39 is 0 Å². The predicted molar refractivity (Wildman–Crippen MR) is 58.7 cm³/mol. The summed E-state index contributed by atoms with van der Waals surface area (Å²) in [7, 11) is 1.88. The van der Waals surface area contributed by atoms with Gasteiger partial charge in [-0.05, 0) is 18.3 Å². The van der Waals surface area contributed by atoms with Gasteiger partial charge >= 0.3 is 0 Å². The number of carbonyl (C=O) groups excluding carboxylic acids is 1. The summed E-state index contributed by atoms with van der Waals surface area (Å²) in [4.78, 5) is 16.4. The van der Waals surface area contributed by atoms with Gasteiger partial charge in [0.2, 0.25) is 5.78 Å². The number of ketones is 1. The lowest BCUT2D eigenvalue weighted by molar-refractivity contribution is 0.0824. The van der Waals surface area contributed by atoms with Gasteiger partial charge in [0.25, 0.3) is 0 Å². The van der Waals surface area contributed by atoms with Crippen molar-refractivity contribution in [1.82, 2.24) is 9.55 Å². The maximum atomic E-state index is 12.3. The smallest absolute Gasteiger partial charge is 0.201 e. The van der Waals surface area contributed by atoms with Crippen LogP contribution in [0.4, 0.5) is 0 Å². The molecule has 82 valence electrons. The summed E-state index contributed by atoms with van der Waals surface area (Å²) in [5.74, 6) is 0.971. The van der Waals surface area contributed by atoms with E-state index in [9.17, 15) is 4.79 Å². The summed E-state index contributed by atoms with van der Waals surface area (Å²) >= 11 is 0. The topological polar surface area (TPSA) is 34.9 Å². The zero-order valence-corrected chi connectivity index (χ0v) is 9.66. The zero-order chi connectivity index (χ0) is 11.1. The Hall–Kier alpha value is -1.12. The van der Waals surface area contributed by atoms with Gasteiger partial charge in [0, 0.05) is 25.4 Å². The number of hydrogen-bond donors (Lipinski definition) is 0. The number of rotatable bonds is 2. The lowest BCUT2D eigenvalue weighted by atomic mass is 9.79. The Morgan fingerprint density at radius 3 is 2.80 bits per heavy atom. The highest BCUT2D eigenvalue weighted by Crippen LogP contribution is 2.43. The first-order valence-corrected chi connectivity index (χ1v) is 5.54. The van der Waals surface area contributed by atoms with Gasteiger partial charge in [-0.25, -0.2) is 4.98 Å². The van der Waals surface area contributed by atoms with Crippen molar-refractivity contribution in [3.05, 3.63) is 18.2 Å². The number of aromatic nitrogens is 2. The minimum Gasteiger partial charge on any atom is -0.332 e. The molecule has 3 nitrogen and oxygen atoms in total. The summed E-state index contributed by atoms with van der Waals surface area (Å²) in [5, 5.41) is 0. The fraction of sp³-hybridized carbons (Fsp3) is 0.667. The fourth-order valence-corrected chi connectivity index (χ4v) is 2.57. The minimum absolute atomic E-state index is 0.142. The van der Waals surface area contributed by atoms with Gasteiger partial charge in [0.05, 0.1) is 0 Å². The Morgan fingerprint density at radius 2 is 2.33 bits per heavy atom. The Kier molecular flexibility index (Phi) is 2.41. The van der Waals surface area contributed by atoms with Crippen LogP contribution in [0.5, 0.6) is 0 Å². The Balaban J connectivity index is 2.26. The van der Waals surface area contributed by atoms with Crippen molar-refractivity contribution in [3.63, 3.8) is 0 Å². The van der Waals surface area contributed by atoms with Crippen LogP contribution in [0.15, 0.2) is 12.4 Å². The van der Waals surface area contributed by atoms with Crippen LogP contribution in [-0.2, 0) is 7.05 Å². The molecule has 1 saturated carbocycles. The van der Waals surface area contributed by atoms with Crippen LogP contribution in [0.3, 0.4) is 0 Å². The Labute approximate surface area is 90.5 Å². The van der Waals surface area contributed by atoms with Crippen molar-refractivity contribution in [1.29, 1.82) is 0 Å². The van der Waals surface area contributed by atoms with Crippen LogP contribution in [0.2, 0.25) is 0 Å². The van der Waals surface area contributed by atoms with Crippen molar-refractivity contribution in [2.24, 2.45) is 18.4 Å². The van der Waals surface area contributed by atoms with E-state index in [1.165, 1.54) is 0 Å². The lowest BCUT2D eigenvalue weighted by Gasteiger charge is -2.25. The second-order valence-corrected chi connectivity index (χ2v) is 5.16. The molecule has 1 unspecified atom stereocenters. The van der Waals surface area contributed by atoms with Gasteiger partial charge in [-0.15, -0.1) is 0 Å². The molecule has 0 amide bonds. The molecule has 1 fully saturated rings.